The Bertz CT molecular complexity index is 3110. The van der Waals surface area contributed by atoms with E-state index in [0.717, 1.165) is 17.1 Å². The van der Waals surface area contributed by atoms with E-state index in [9.17, 15) is 0 Å². The van der Waals surface area contributed by atoms with Gasteiger partial charge in [-0.25, -0.2) is 0 Å². The summed E-state index contributed by atoms with van der Waals surface area (Å²) in [7, 11) is 0. The first-order chi connectivity index (χ1) is 29.5. The lowest BCUT2D eigenvalue weighted by Gasteiger charge is -2.40. The number of hydrogen-bond acceptors (Lipinski definition) is 2. The van der Waals surface area contributed by atoms with E-state index >= 15 is 0 Å². The van der Waals surface area contributed by atoms with Gasteiger partial charge in [-0.15, -0.1) is 0 Å². The molecule has 0 bridgehead atoms. The van der Waals surface area contributed by atoms with E-state index < -0.39 is 5.41 Å². The quantitative estimate of drug-likeness (QED) is 0.171. The zero-order valence-electron chi connectivity index (χ0n) is 33.6. The number of rotatable bonds is 5. The summed E-state index contributed by atoms with van der Waals surface area (Å²) in [5.74, 6) is 0. The van der Waals surface area contributed by atoms with Crippen molar-refractivity contribution >= 4 is 28.8 Å². The maximum absolute atomic E-state index is 2.53. The first-order valence-corrected chi connectivity index (χ1v) is 21.7. The number of benzene rings is 9. The van der Waals surface area contributed by atoms with Gasteiger partial charge in [0, 0.05) is 32.1 Å². The first-order valence-electron chi connectivity index (χ1n) is 20.9. The summed E-state index contributed by atoms with van der Waals surface area (Å²) in [6, 6.07) is 79.3. The predicted octanol–water partition coefficient (Wildman–Crippen LogP) is 15.6. The van der Waals surface area contributed by atoms with Gasteiger partial charge in [0.05, 0.1) is 11.1 Å². The highest BCUT2D eigenvalue weighted by molar-refractivity contribution is 7.99. The fraction of sp³-hybridized carbons (Fsp3) is 0.0690. The lowest BCUT2D eigenvalue weighted by molar-refractivity contribution is 0.660. The van der Waals surface area contributed by atoms with Crippen LogP contribution in [-0.2, 0) is 10.8 Å². The number of fused-ring (bicyclic) bond motifs is 12. The monoisotopic (exact) mass is 783 g/mol. The van der Waals surface area contributed by atoms with E-state index in [0.29, 0.717) is 0 Å². The third-order valence-electron chi connectivity index (χ3n) is 13.3. The highest BCUT2D eigenvalue weighted by Crippen LogP contribution is 2.63. The third-order valence-corrected chi connectivity index (χ3v) is 14.5. The molecule has 12 rings (SSSR count). The zero-order chi connectivity index (χ0) is 40.0. The van der Waals surface area contributed by atoms with E-state index in [4.69, 9.17) is 0 Å². The molecule has 1 heterocycles. The van der Waals surface area contributed by atoms with Crippen molar-refractivity contribution in [1.82, 2.24) is 0 Å². The maximum atomic E-state index is 2.53. The molecule has 0 aromatic heterocycles. The van der Waals surface area contributed by atoms with Crippen LogP contribution in [0.15, 0.2) is 222 Å². The second-order valence-electron chi connectivity index (χ2n) is 16.8. The van der Waals surface area contributed by atoms with Crippen LogP contribution in [-0.4, -0.2) is 0 Å². The molecule has 1 spiro atoms. The highest BCUT2D eigenvalue weighted by Gasteiger charge is 2.50. The van der Waals surface area contributed by atoms with Crippen LogP contribution in [0.1, 0.15) is 47.2 Å². The van der Waals surface area contributed by atoms with Crippen molar-refractivity contribution in [2.75, 3.05) is 4.90 Å². The molecule has 9 aromatic rings. The van der Waals surface area contributed by atoms with Gasteiger partial charge < -0.3 is 4.90 Å². The average molecular weight is 784 g/mol. The third kappa shape index (κ3) is 5.01. The molecular formula is C58H41NS. The molecule has 1 nitrogen and oxygen atoms in total. The van der Waals surface area contributed by atoms with Crippen LogP contribution in [0.25, 0.3) is 44.5 Å². The fourth-order valence-electron chi connectivity index (χ4n) is 10.6. The van der Waals surface area contributed by atoms with Crippen molar-refractivity contribution < 1.29 is 0 Å². The van der Waals surface area contributed by atoms with Gasteiger partial charge in [0.1, 0.15) is 0 Å². The fourth-order valence-corrected chi connectivity index (χ4v) is 11.8. The van der Waals surface area contributed by atoms with E-state index in [2.05, 4.69) is 231 Å². The standard InChI is InChI=1S/C58H41NS/c1-57(2)48-23-11-9-21-43(48)45-32-30-41(36-52(45)57)59(54-34-29-40(38-17-5-3-6-18-38)35-47(54)39-19-7-4-8-20-39)42-31-33-46-44-22-10-12-24-49(44)58(53(46)37-42)50-25-13-15-27-55(50)60-56-28-16-14-26-51(56)58/h3-37H,1-2H3. The summed E-state index contributed by atoms with van der Waals surface area (Å²) in [6.45, 7) is 4.75. The number of anilines is 3. The molecule has 1 aliphatic heterocycles. The van der Waals surface area contributed by atoms with Crippen LogP contribution in [0.3, 0.4) is 0 Å². The first kappa shape index (κ1) is 35.1. The molecule has 2 heteroatoms. The second-order valence-corrected chi connectivity index (χ2v) is 17.9. The van der Waals surface area contributed by atoms with Gasteiger partial charge in [-0.3, -0.25) is 0 Å². The van der Waals surface area contributed by atoms with Crippen LogP contribution >= 0.6 is 11.8 Å². The summed E-state index contributed by atoms with van der Waals surface area (Å²) < 4.78 is 0. The van der Waals surface area contributed by atoms with Crippen molar-refractivity contribution in [3.63, 3.8) is 0 Å². The summed E-state index contributed by atoms with van der Waals surface area (Å²) in [4.78, 5) is 5.15. The minimum atomic E-state index is -0.479. The van der Waals surface area contributed by atoms with Crippen molar-refractivity contribution in [3.8, 4) is 44.5 Å². The Morgan fingerprint density at radius 3 is 1.47 bits per heavy atom. The second kappa shape index (κ2) is 13.3. The van der Waals surface area contributed by atoms with Gasteiger partial charge >= 0.3 is 0 Å². The Labute approximate surface area is 356 Å². The minimum Gasteiger partial charge on any atom is -0.310 e. The number of nitrogens with zero attached hydrogens (tertiary/aromatic N) is 1. The molecule has 9 aromatic carbocycles. The topological polar surface area (TPSA) is 3.24 Å². The van der Waals surface area contributed by atoms with Crippen molar-refractivity contribution in [1.29, 1.82) is 0 Å². The van der Waals surface area contributed by atoms with E-state index in [1.165, 1.54) is 87.7 Å². The van der Waals surface area contributed by atoms with Crippen LogP contribution in [0.2, 0.25) is 0 Å². The summed E-state index contributed by atoms with van der Waals surface area (Å²) in [5.41, 5.74) is 20.9. The van der Waals surface area contributed by atoms with E-state index in [-0.39, 0.29) is 5.41 Å². The molecule has 0 amide bonds. The van der Waals surface area contributed by atoms with Gasteiger partial charge in [-0.1, -0.05) is 189 Å². The Morgan fingerprint density at radius 2 is 0.817 bits per heavy atom. The van der Waals surface area contributed by atoms with Crippen molar-refractivity contribution in [3.05, 3.63) is 246 Å². The molecular weight excluding hydrogens is 743 g/mol. The molecule has 0 saturated heterocycles. The summed E-state index contributed by atoms with van der Waals surface area (Å²) in [6.07, 6.45) is 0. The molecule has 0 unspecified atom stereocenters. The van der Waals surface area contributed by atoms with Crippen LogP contribution in [0.5, 0.6) is 0 Å². The van der Waals surface area contributed by atoms with Gasteiger partial charge in [0.25, 0.3) is 0 Å². The smallest absolute Gasteiger partial charge is 0.0736 e. The maximum Gasteiger partial charge on any atom is 0.0736 e. The lowest BCUT2D eigenvalue weighted by atomic mass is 9.67. The SMILES string of the molecule is CC1(C)c2ccccc2-c2ccc(N(c3ccc4c(c3)C3(c5ccccc5Sc5ccccc53)c3ccccc3-4)c3ccc(-c4ccccc4)cc3-c3ccccc3)cc21. The predicted molar refractivity (Wildman–Crippen MR) is 251 cm³/mol. The lowest BCUT2D eigenvalue weighted by Crippen LogP contribution is -2.32. The molecule has 0 radical (unpaired) electrons. The zero-order valence-corrected chi connectivity index (χ0v) is 34.4. The molecule has 2 aliphatic carbocycles. The summed E-state index contributed by atoms with van der Waals surface area (Å²) in [5, 5.41) is 0. The Balaban J connectivity index is 1.15. The Kier molecular flexibility index (Phi) is 7.80. The number of hydrogen-bond donors (Lipinski definition) is 0. The molecule has 0 N–H and O–H groups in total. The van der Waals surface area contributed by atoms with E-state index in [1.807, 2.05) is 11.8 Å². The molecule has 0 fully saturated rings. The molecule has 284 valence electrons. The Hall–Kier alpha value is -6.87. The van der Waals surface area contributed by atoms with Gasteiger partial charge in [0.15, 0.2) is 0 Å². The average Bonchev–Trinajstić information content (AvgIpc) is 3.72. The van der Waals surface area contributed by atoms with Crippen LogP contribution in [0.4, 0.5) is 17.1 Å². The van der Waals surface area contributed by atoms with Gasteiger partial charge in [-0.2, -0.15) is 0 Å². The van der Waals surface area contributed by atoms with Crippen LogP contribution < -0.4 is 4.90 Å². The highest BCUT2D eigenvalue weighted by atomic mass is 32.2. The largest absolute Gasteiger partial charge is 0.310 e. The van der Waals surface area contributed by atoms with E-state index in [1.54, 1.807) is 0 Å². The van der Waals surface area contributed by atoms with Gasteiger partial charge in [0.2, 0.25) is 0 Å². The minimum absolute atomic E-state index is 0.149. The normalized spacial score (nSPS) is 14.4. The van der Waals surface area contributed by atoms with Crippen LogP contribution in [0, 0.1) is 0 Å². The molecule has 3 aliphatic rings. The molecule has 60 heavy (non-hydrogen) atoms. The molecule has 0 atom stereocenters. The van der Waals surface area contributed by atoms with Crippen molar-refractivity contribution in [2.45, 2.75) is 34.5 Å². The Morgan fingerprint density at radius 1 is 0.333 bits per heavy atom. The van der Waals surface area contributed by atoms with Gasteiger partial charge in [-0.05, 0) is 121 Å². The molecule has 0 saturated carbocycles. The summed E-state index contributed by atoms with van der Waals surface area (Å²) >= 11 is 1.89. The van der Waals surface area contributed by atoms with Crippen molar-refractivity contribution in [2.24, 2.45) is 0 Å².